The van der Waals surface area contributed by atoms with Crippen molar-refractivity contribution in [1.82, 2.24) is 25.2 Å². The Bertz CT molecular complexity index is 831. The molecule has 25 heavy (non-hydrogen) atoms. The van der Waals surface area contributed by atoms with Crippen molar-refractivity contribution < 1.29 is 4.79 Å². The molecule has 0 radical (unpaired) electrons. The van der Waals surface area contributed by atoms with Gasteiger partial charge in [0.2, 0.25) is 0 Å². The number of carbonyl (C=O) groups excluding carboxylic acids is 1. The Morgan fingerprint density at radius 3 is 2.88 bits per heavy atom. The fraction of sp³-hybridized carbons (Fsp3) is 0.368. The zero-order chi connectivity index (χ0) is 17.1. The van der Waals surface area contributed by atoms with E-state index in [1.54, 1.807) is 6.20 Å². The number of nitrogens with one attached hydrogen (secondary N) is 3. The van der Waals surface area contributed by atoms with Gasteiger partial charge in [0.15, 0.2) is 0 Å². The summed E-state index contributed by atoms with van der Waals surface area (Å²) in [5, 5.41) is 4.41. The van der Waals surface area contributed by atoms with Crippen LogP contribution >= 0.6 is 0 Å². The van der Waals surface area contributed by atoms with Crippen molar-refractivity contribution in [2.24, 2.45) is 0 Å². The van der Waals surface area contributed by atoms with E-state index in [4.69, 9.17) is 0 Å². The Hall–Kier alpha value is -2.60. The number of benzene rings is 1. The number of hydrogen-bond acceptors (Lipinski definition) is 3. The molecule has 1 saturated heterocycles. The zero-order valence-corrected chi connectivity index (χ0v) is 14.2. The Morgan fingerprint density at radius 2 is 2.08 bits per heavy atom. The number of likely N-dealkylation sites (tertiary alicyclic amines) is 1. The Kier molecular flexibility index (Phi) is 4.52. The molecule has 4 rings (SSSR count). The monoisotopic (exact) mass is 337 g/mol. The van der Waals surface area contributed by atoms with Crippen LogP contribution in [0.15, 0.2) is 43.0 Å². The van der Waals surface area contributed by atoms with Gasteiger partial charge in [-0.3, -0.25) is 4.79 Å². The molecule has 0 saturated carbocycles. The largest absolute Gasteiger partial charge is 0.361 e. The molecule has 1 amide bonds. The first-order chi connectivity index (χ1) is 12.3. The second-order valence-electron chi connectivity index (χ2n) is 6.65. The number of carbonyl (C=O) groups is 1. The minimum absolute atomic E-state index is 0.0847. The van der Waals surface area contributed by atoms with E-state index in [0.717, 1.165) is 38.9 Å². The summed E-state index contributed by atoms with van der Waals surface area (Å²) < 4.78 is 0. The SMILES string of the molecule is O=C(NC1CCN(CCc2c[nH]c3ccccc23)CC1)c1c[nH]cn1. The number of imidazole rings is 1. The van der Waals surface area contributed by atoms with Crippen molar-refractivity contribution in [3.63, 3.8) is 0 Å². The molecule has 0 unspecified atom stereocenters. The van der Waals surface area contributed by atoms with Gasteiger partial charge in [0.25, 0.3) is 5.91 Å². The molecule has 3 N–H and O–H groups in total. The third-order valence-electron chi connectivity index (χ3n) is 5.03. The average Bonchev–Trinajstić information content (AvgIpc) is 3.31. The maximum absolute atomic E-state index is 12.1. The number of H-pyrrole nitrogens is 2. The van der Waals surface area contributed by atoms with E-state index in [0.29, 0.717) is 5.69 Å². The number of nitrogens with zero attached hydrogens (tertiary/aromatic N) is 2. The van der Waals surface area contributed by atoms with Gasteiger partial charge in [-0.1, -0.05) is 18.2 Å². The van der Waals surface area contributed by atoms with E-state index >= 15 is 0 Å². The fourth-order valence-electron chi connectivity index (χ4n) is 3.56. The molecule has 2 aromatic heterocycles. The van der Waals surface area contributed by atoms with Crippen LogP contribution in [-0.2, 0) is 6.42 Å². The lowest BCUT2D eigenvalue weighted by Crippen LogP contribution is -2.45. The maximum atomic E-state index is 12.1. The summed E-state index contributed by atoms with van der Waals surface area (Å²) in [5.74, 6) is -0.0847. The number of amides is 1. The van der Waals surface area contributed by atoms with E-state index in [1.165, 1.54) is 22.8 Å². The number of aromatic amines is 2. The number of hydrogen-bond donors (Lipinski definition) is 3. The van der Waals surface area contributed by atoms with E-state index < -0.39 is 0 Å². The summed E-state index contributed by atoms with van der Waals surface area (Å²) >= 11 is 0. The Balaban J connectivity index is 1.26. The van der Waals surface area contributed by atoms with Crippen LogP contribution < -0.4 is 5.32 Å². The summed E-state index contributed by atoms with van der Waals surface area (Å²) in [6.07, 6.45) is 8.32. The maximum Gasteiger partial charge on any atom is 0.271 e. The molecular formula is C19H23N5O. The van der Waals surface area contributed by atoms with Crippen LogP contribution in [0.25, 0.3) is 10.9 Å². The molecule has 1 aromatic carbocycles. The van der Waals surface area contributed by atoms with Crippen LogP contribution in [-0.4, -0.2) is 51.4 Å². The molecule has 6 nitrogen and oxygen atoms in total. The molecule has 3 aromatic rings. The van der Waals surface area contributed by atoms with Gasteiger partial charge in [-0.05, 0) is 30.9 Å². The minimum atomic E-state index is -0.0847. The van der Waals surface area contributed by atoms with Gasteiger partial charge in [-0.15, -0.1) is 0 Å². The van der Waals surface area contributed by atoms with Crippen LogP contribution in [0.2, 0.25) is 0 Å². The summed E-state index contributed by atoms with van der Waals surface area (Å²) in [7, 11) is 0. The van der Waals surface area contributed by atoms with Crippen molar-refractivity contribution >= 4 is 16.8 Å². The Labute approximate surface area is 146 Å². The average molecular weight is 337 g/mol. The molecule has 0 aliphatic carbocycles. The van der Waals surface area contributed by atoms with Gasteiger partial charge in [-0.25, -0.2) is 4.98 Å². The van der Waals surface area contributed by atoms with Gasteiger partial charge < -0.3 is 20.2 Å². The van der Waals surface area contributed by atoms with Crippen molar-refractivity contribution in [2.75, 3.05) is 19.6 Å². The molecule has 1 fully saturated rings. The van der Waals surface area contributed by atoms with E-state index in [-0.39, 0.29) is 11.9 Å². The topological polar surface area (TPSA) is 76.8 Å². The first-order valence-electron chi connectivity index (χ1n) is 8.86. The number of piperidine rings is 1. The minimum Gasteiger partial charge on any atom is -0.361 e. The standard InChI is InChI=1S/C19H23N5O/c25-19(18-12-20-13-22-18)23-15-6-9-24(10-7-15)8-5-14-11-21-17-4-2-1-3-16(14)17/h1-4,11-13,15,21H,5-10H2,(H,20,22)(H,23,25). The second kappa shape index (κ2) is 7.11. The number of aromatic nitrogens is 3. The van der Waals surface area contributed by atoms with Crippen molar-refractivity contribution in [3.8, 4) is 0 Å². The normalized spacial score (nSPS) is 16.3. The van der Waals surface area contributed by atoms with Crippen molar-refractivity contribution in [2.45, 2.75) is 25.3 Å². The summed E-state index contributed by atoms with van der Waals surface area (Å²) in [6, 6.07) is 8.69. The molecule has 6 heteroatoms. The molecule has 0 atom stereocenters. The summed E-state index contributed by atoms with van der Waals surface area (Å²) in [6.45, 7) is 3.10. The first kappa shape index (κ1) is 15.9. The molecule has 1 aliphatic heterocycles. The highest BCUT2D eigenvalue weighted by atomic mass is 16.2. The number of para-hydroxylation sites is 1. The highest BCUT2D eigenvalue weighted by molar-refractivity contribution is 5.92. The van der Waals surface area contributed by atoms with Crippen LogP contribution in [0, 0.1) is 0 Å². The first-order valence-corrected chi connectivity index (χ1v) is 8.86. The molecule has 0 bridgehead atoms. The quantitative estimate of drug-likeness (QED) is 0.669. The van der Waals surface area contributed by atoms with E-state index in [9.17, 15) is 4.79 Å². The number of rotatable bonds is 5. The molecule has 1 aliphatic rings. The third-order valence-corrected chi connectivity index (χ3v) is 5.03. The summed E-state index contributed by atoms with van der Waals surface area (Å²) in [4.78, 5) is 24.7. The van der Waals surface area contributed by atoms with Gasteiger partial charge in [0.05, 0.1) is 6.33 Å². The smallest absolute Gasteiger partial charge is 0.271 e. The molecular weight excluding hydrogens is 314 g/mol. The van der Waals surface area contributed by atoms with Crippen LogP contribution in [0.3, 0.4) is 0 Å². The van der Waals surface area contributed by atoms with E-state index in [2.05, 4.69) is 55.6 Å². The van der Waals surface area contributed by atoms with Crippen LogP contribution in [0.5, 0.6) is 0 Å². The highest BCUT2D eigenvalue weighted by Gasteiger charge is 2.21. The lowest BCUT2D eigenvalue weighted by atomic mass is 10.0. The van der Waals surface area contributed by atoms with Crippen molar-refractivity contribution in [3.05, 3.63) is 54.2 Å². The molecule has 3 heterocycles. The molecule has 0 spiro atoms. The van der Waals surface area contributed by atoms with Gasteiger partial charge in [-0.2, -0.15) is 0 Å². The van der Waals surface area contributed by atoms with Gasteiger partial charge in [0, 0.05) is 49.0 Å². The second-order valence-corrected chi connectivity index (χ2v) is 6.65. The molecule has 130 valence electrons. The van der Waals surface area contributed by atoms with Gasteiger partial charge >= 0.3 is 0 Å². The Morgan fingerprint density at radius 1 is 1.24 bits per heavy atom. The lowest BCUT2D eigenvalue weighted by Gasteiger charge is -2.32. The van der Waals surface area contributed by atoms with Crippen LogP contribution in [0.4, 0.5) is 0 Å². The van der Waals surface area contributed by atoms with E-state index in [1.807, 2.05) is 0 Å². The zero-order valence-electron chi connectivity index (χ0n) is 14.2. The lowest BCUT2D eigenvalue weighted by molar-refractivity contribution is 0.0907. The van der Waals surface area contributed by atoms with Crippen molar-refractivity contribution in [1.29, 1.82) is 0 Å². The third kappa shape index (κ3) is 3.58. The summed E-state index contributed by atoms with van der Waals surface area (Å²) in [5.41, 5.74) is 3.05. The fourth-order valence-corrected chi connectivity index (χ4v) is 3.56. The predicted molar refractivity (Wildman–Crippen MR) is 97.5 cm³/mol. The van der Waals surface area contributed by atoms with Gasteiger partial charge in [0.1, 0.15) is 5.69 Å². The predicted octanol–water partition coefficient (Wildman–Crippen LogP) is 2.33. The highest BCUT2D eigenvalue weighted by Crippen LogP contribution is 2.19. The van der Waals surface area contributed by atoms with Crippen LogP contribution in [0.1, 0.15) is 28.9 Å². The number of fused-ring (bicyclic) bond motifs is 1.